The number of carbonyl (C=O) groups is 1. The van der Waals surface area contributed by atoms with Crippen LogP contribution in [0, 0.1) is 0 Å². The number of ether oxygens (including phenoxy) is 1. The van der Waals surface area contributed by atoms with Gasteiger partial charge in [0.1, 0.15) is 5.75 Å². The number of aliphatic carboxylic acids is 1. The highest BCUT2D eigenvalue weighted by molar-refractivity contribution is 5.72. The molecule has 0 aliphatic heterocycles. The first-order valence-electron chi connectivity index (χ1n) is 13.2. The third-order valence-corrected chi connectivity index (χ3v) is 6.12. The van der Waals surface area contributed by atoms with E-state index in [2.05, 4.69) is 26.0 Å². The maximum absolute atomic E-state index is 11.6. The maximum atomic E-state index is 11.6. The first-order chi connectivity index (χ1) is 15.2. The lowest BCUT2D eigenvalue weighted by Gasteiger charge is -2.15. The minimum absolute atomic E-state index is 0.589. The van der Waals surface area contributed by atoms with E-state index in [9.17, 15) is 9.90 Å². The Balaban J connectivity index is 2.18. The van der Waals surface area contributed by atoms with Crippen LogP contribution in [0.1, 0.15) is 129 Å². The van der Waals surface area contributed by atoms with E-state index in [-0.39, 0.29) is 0 Å². The van der Waals surface area contributed by atoms with Gasteiger partial charge in [-0.2, -0.15) is 0 Å². The average Bonchev–Trinajstić information content (AvgIpc) is 2.77. The molecule has 3 nitrogen and oxygen atoms in total. The molecule has 0 fully saturated rings. The number of unbranched alkanes of at least 4 members (excludes halogenated alkanes) is 14. The summed E-state index contributed by atoms with van der Waals surface area (Å²) in [5.41, 5.74) is 1.31. The van der Waals surface area contributed by atoms with Gasteiger partial charge >= 0.3 is 5.97 Å². The zero-order valence-electron chi connectivity index (χ0n) is 20.4. The minimum atomic E-state index is -0.855. The maximum Gasteiger partial charge on any atom is 0.344 e. The number of rotatable bonds is 21. The lowest BCUT2D eigenvalue weighted by atomic mass is 10.0. The van der Waals surface area contributed by atoms with Crippen LogP contribution in [0.3, 0.4) is 0 Å². The Bertz CT molecular complexity index is 538. The summed E-state index contributed by atoms with van der Waals surface area (Å²) in [6, 6.07) is 8.03. The Labute approximate surface area is 192 Å². The molecule has 0 spiro atoms. The topological polar surface area (TPSA) is 46.5 Å². The second-order valence-corrected chi connectivity index (χ2v) is 9.08. The molecule has 0 aliphatic carbocycles. The molecule has 0 amide bonds. The normalized spacial score (nSPS) is 12.1. The van der Waals surface area contributed by atoms with Crippen molar-refractivity contribution in [2.24, 2.45) is 0 Å². The average molecular weight is 433 g/mol. The minimum Gasteiger partial charge on any atom is -0.479 e. The molecule has 0 heterocycles. The van der Waals surface area contributed by atoms with Gasteiger partial charge in [-0.1, -0.05) is 116 Å². The van der Waals surface area contributed by atoms with Gasteiger partial charge in [-0.25, -0.2) is 4.79 Å². The van der Waals surface area contributed by atoms with Gasteiger partial charge in [0, 0.05) is 0 Å². The fourth-order valence-corrected chi connectivity index (χ4v) is 4.06. The first-order valence-corrected chi connectivity index (χ1v) is 13.2. The van der Waals surface area contributed by atoms with Gasteiger partial charge in [-0.15, -0.1) is 0 Å². The van der Waals surface area contributed by atoms with Crippen LogP contribution in [-0.4, -0.2) is 17.2 Å². The zero-order valence-corrected chi connectivity index (χ0v) is 20.4. The third kappa shape index (κ3) is 15.0. The van der Waals surface area contributed by atoms with Gasteiger partial charge < -0.3 is 9.84 Å². The molecule has 1 aromatic carbocycles. The fraction of sp³-hybridized carbons (Fsp3) is 0.750. The molecular weight excluding hydrogens is 384 g/mol. The molecule has 0 bridgehead atoms. The molecule has 0 aromatic heterocycles. The second-order valence-electron chi connectivity index (χ2n) is 9.08. The fourth-order valence-electron chi connectivity index (χ4n) is 4.06. The highest BCUT2D eigenvalue weighted by Crippen LogP contribution is 2.19. The van der Waals surface area contributed by atoms with Crippen molar-refractivity contribution < 1.29 is 14.6 Å². The van der Waals surface area contributed by atoms with E-state index in [1.165, 1.54) is 95.5 Å². The van der Waals surface area contributed by atoms with Crippen molar-refractivity contribution in [1.82, 2.24) is 0 Å². The monoisotopic (exact) mass is 432 g/mol. The molecule has 0 radical (unpaired) electrons. The van der Waals surface area contributed by atoms with Crippen LogP contribution < -0.4 is 4.74 Å². The predicted molar refractivity (Wildman–Crippen MR) is 132 cm³/mol. The van der Waals surface area contributed by atoms with Crippen molar-refractivity contribution in [2.45, 2.75) is 136 Å². The number of carboxylic acid groups (broad SMARTS) is 1. The Morgan fingerprint density at radius 3 is 1.65 bits per heavy atom. The van der Waals surface area contributed by atoms with Crippen molar-refractivity contribution in [3.63, 3.8) is 0 Å². The van der Waals surface area contributed by atoms with Crippen LogP contribution in [0.25, 0.3) is 0 Å². The molecule has 1 N–H and O–H groups in total. The van der Waals surface area contributed by atoms with Crippen LogP contribution >= 0.6 is 0 Å². The summed E-state index contributed by atoms with van der Waals surface area (Å²) < 4.78 is 5.78. The Morgan fingerprint density at radius 1 is 0.710 bits per heavy atom. The van der Waals surface area contributed by atoms with E-state index in [0.717, 1.165) is 19.3 Å². The van der Waals surface area contributed by atoms with Crippen LogP contribution in [0.15, 0.2) is 24.3 Å². The van der Waals surface area contributed by atoms with E-state index >= 15 is 0 Å². The number of carboxylic acids is 1. The third-order valence-electron chi connectivity index (χ3n) is 6.12. The smallest absolute Gasteiger partial charge is 0.344 e. The zero-order chi connectivity index (χ0) is 22.6. The van der Waals surface area contributed by atoms with E-state index in [1.54, 1.807) is 0 Å². The van der Waals surface area contributed by atoms with Gasteiger partial charge in [0.15, 0.2) is 6.10 Å². The summed E-state index contributed by atoms with van der Waals surface area (Å²) in [5.74, 6) is -0.182. The Kier molecular flexibility index (Phi) is 17.0. The Morgan fingerprint density at radius 2 is 1.16 bits per heavy atom. The quantitative estimate of drug-likeness (QED) is 0.197. The highest BCUT2D eigenvalue weighted by Gasteiger charge is 2.18. The van der Waals surface area contributed by atoms with E-state index in [4.69, 9.17) is 4.74 Å². The van der Waals surface area contributed by atoms with Gasteiger partial charge in [0.05, 0.1) is 0 Å². The number of aryl methyl sites for hydroxylation is 1. The standard InChI is InChI=1S/C28H48O3/c1-3-5-7-9-11-12-13-14-16-18-20-27(28(29)30)31-26-23-21-25(22-24-26)19-17-15-10-8-6-4-2/h21-24,27H,3-20H2,1-2H3,(H,29,30). The summed E-state index contributed by atoms with van der Waals surface area (Å²) in [6.45, 7) is 4.50. The van der Waals surface area contributed by atoms with Crippen molar-refractivity contribution in [2.75, 3.05) is 0 Å². The molecule has 0 saturated carbocycles. The summed E-state index contributed by atoms with van der Waals surface area (Å²) in [4.78, 5) is 11.6. The lowest BCUT2D eigenvalue weighted by molar-refractivity contribution is -0.145. The van der Waals surface area contributed by atoms with E-state index in [1.807, 2.05) is 12.1 Å². The molecule has 178 valence electrons. The van der Waals surface area contributed by atoms with Crippen molar-refractivity contribution >= 4 is 5.97 Å². The molecule has 1 aromatic rings. The number of benzene rings is 1. The molecule has 1 unspecified atom stereocenters. The molecule has 1 rings (SSSR count). The molecule has 0 saturated heterocycles. The van der Waals surface area contributed by atoms with Crippen LogP contribution in [0.2, 0.25) is 0 Å². The molecule has 1 atom stereocenters. The molecule has 31 heavy (non-hydrogen) atoms. The van der Waals surface area contributed by atoms with Gasteiger partial charge in [0.2, 0.25) is 0 Å². The SMILES string of the molecule is CCCCCCCCCCCCC(Oc1ccc(CCCCCCCC)cc1)C(=O)O. The van der Waals surface area contributed by atoms with Gasteiger partial charge in [-0.3, -0.25) is 0 Å². The van der Waals surface area contributed by atoms with Crippen LogP contribution in [0.4, 0.5) is 0 Å². The summed E-state index contributed by atoms with van der Waals surface area (Å²) in [7, 11) is 0. The Hall–Kier alpha value is -1.51. The van der Waals surface area contributed by atoms with Crippen LogP contribution in [-0.2, 0) is 11.2 Å². The van der Waals surface area contributed by atoms with Crippen molar-refractivity contribution in [1.29, 1.82) is 0 Å². The molecule has 3 heteroatoms. The van der Waals surface area contributed by atoms with Crippen LogP contribution in [0.5, 0.6) is 5.75 Å². The highest BCUT2D eigenvalue weighted by atomic mass is 16.5. The van der Waals surface area contributed by atoms with E-state index < -0.39 is 12.1 Å². The number of hydrogen-bond acceptors (Lipinski definition) is 2. The summed E-state index contributed by atoms with van der Waals surface area (Å²) in [6.07, 6.45) is 21.3. The first kappa shape index (κ1) is 27.5. The second kappa shape index (κ2) is 19.2. The lowest BCUT2D eigenvalue weighted by Crippen LogP contribution is -2.26. The largest absolute Gasteiger partial charge is 0.479 e. The number of hydrogen-bond donors (Lipinski definition) is 1. The van der Waals surface area contributed by atoms with E-state index in [0.29, 0.717) is 12.2 Å². The van der Waals surface area contributed by atoms with Crippen molar-refractivity contribution in [3.05, 3.63) is 29.8 Å². The summed E-state index contributed by atoms with van der Waals surface area (Å²) in [5, 5.41) is 9.51. The molecular formula is C28H48O3. The van der Waals surface area contributed by atoms with Crippen molar-refractivity contribution in [3.8, 4) is 5.75 Å². The van der Waals surface area contributed by atoms with Gasteiger partial charge in [0.25, 0.3) is 0 Å². The summed E-state index contributed by atoms with van der Waals surface area (Å²) >= 11 is 0. The predicted octanol–water partition coefficient (Wildman–Crippen LogP) is 8.73. The molecule has 0 aliphatic rings. The van der Waals surface area contributed by atoms with Gasteiger partial charge in [-0.05, 0) is 43.4 Å².